The Morgan fingerprint density at radius 1 is 1.28 bits per heavy atom. The fourth-order valence-corrected chi connectivity index (χ4v) is 2.10. The number of rotatable bonds is 3. The van der Waals surface area contributed by atoms with E-state index in [9.17, 15) is 9.59 Å². The number of hydrogen-bond donors (Lipinski definition) is 1. The van der Waals surface area contributed by atoms with Gasteiger partial charge in [-0.2, -0.15) is 0 Å². The van der Waals surface area contributed by atoms with E-state index in [1.54, 1.807) is 0 Å². The fraction of sp³-hybridized carbons (Fsp3) is 0.429. The van der Waals surface area contributed by atoms with Gasteiger partial charge in [0, 0.05) is 32.1 Å². The van der Waals surface area contributed by atoms with Gasteiger partial charge in [-0.05, 0) is 30.5 Å². The van der Waals surface area contributed by atoms with Crippen molar-refractivity contribution in [3.05, 3.63) is 29.8 Å². The number of carbonyl (C=O) groups excluding carboxylic acids is 2. The standard InChI is InChI=1S/C14H18N2O2/c1-11(17)15-10-12-5-7-13(8-6-12)16-9-3-2-4-14(16)18/h5-8H,2-4,9-10H2,1H3,(H,15,17). The van der Waals surface area contributed by atoms with Gasteiger partial charge in [-0.15, -0.1) is 0 Å². The first-order chi connectivity index (χ1) is 8.66. The number of piperidine rings is 1. The van der Waals surface area contributed by atoms with E-state index in [-0.39, 0.29) is 11.8 Å². The Hall–Kier alpha value is -1.84. The molecule has 0 saturated carbocycles. The van der Waals surface area contributed by atoms with Gasteiger partial charge in [0.15, 0.2) is 0 Å². The molecule has 1 aliphatic rings. The lowest BCUT2D eigenvalue weighted by atomic mass is 10.1. The van der Waals surface area contributed by atoms with Crippen molar-refractivity contribution >= 4 is 17.5 Å². The molecule has 1 fully saturated rings. The molecule has 4 heteroatoms. The van der Waals surface area contributed by atoms with Crippen molar-refractivity contribution in [2.24, 2.45) is 0 Å². The third-order valence-corrected chi connectivity index (χ3v) is 3.11. The average Bonchev–Trinajstić information content (AvgIpc) is 2.38. The molecule has 1 aromatic rings. The number of amides is 2. The van der Waals surface area contributed by atoms with Gasteiger partial charge in [0.25, 0.3) is 0 Å². The fourth-order valence-electron chi connectivity index (χ4n) is 2.10. The minimum Gasteiger partial charge on any atom is -0.352 e. The third kappa shape index (κ3) is 3.09. The molecule has 0 atom stereocenters. The Bertz CT molecular complexity index is 440. The highest BCUT2D eigenvalue weighted by Gasteiger charge is 2.19. The predicted molar refractivity (Wildman–Crippen MR) is 70.2 cm³/mol. The van der Waals surface area contributed by atoms with Crippen LogP contribution in [0.1, 0.15) is 31.7 Å². The lowest BCUT2D eigenvalue weighted by Crippen LogP contribution is -2.35. The predicted octanol–water partition coefficient (Wildman–Crippen LogP) is 1.84. The Labute approximate surface area is 107 Å². The van der Waals surface area contributed by atoms with Gasteiger partial charge in [-0.3, -0.25) is 9.59 Å². The maximum Gasteiger partial charge on any atom is 0.226 e. The number of hydrogen-bond acceptors (Lipinski definition) is 2. The molecule has 0 spiro atoms. The van der Waals surface area contributed by atoms with Crippen molar-refractivity contribution in [2.45, 2.75) is 32.7 Å². The van der Waals surface area contributed by atoms with Crippen LogP contribution >= 0.6 is 0 Å². The van der Waals surface area contributed by atoms with Crippen molar-refractivity contribution in [3.63, 3.8) is 0 Å². The number of anilines is 1. The van der Waals surface area contributed by atoms with Crippen LogP contribution in [0.15, 0.2) is 24.3 Å². The van der Waals surface area contributed by atoms with E-state index in [1.165, 1.54) is 6.92 Å². The zero-order chi connectivity index (χ0) is 13.0. The van der Waals surface area contributed by atoms with Crippen LogP contribution in [0.5, 0.6) is 0 Å². The van der Waals surface area contributed by atoms with Gasteiger partial charge < -0.3 is 10.2 Å². The summed E-state index contributed by atoms with van der Waals surface area (Å²) in [6, 6.07) is 7.79. The highest BCUT2D eigenvalue weighted by atomic mass is 16.2. The zero-order valence-electron chi connectivity index (χ0n) is 10.6. The molecule has 18 heavy (non-hydrogen) atoms. The molecule has 1 saturated heterocycles. The maximum atomic E-state index is 11.8. The van der Waals surface area contributed by atoms with Crippen LogP contribution in [0.2, 0.25) is 0 Å². The van der Waals surface area contributed by atoms with Crippen LogP contribution in [-0.4, -0.2) is 18.4 Å². The SMILES string of the molecule is CC(=O)NCc1ccc(N2CCCCC2=O)cc1. The van der Waals surface area contributed by atoms with Crippen LogP contribution in [-0.2, 0) is 16.1 Å². The molecule has 0 radical (unpaired) electrons. The van der Waals surface area contributed by atoms with Crippen molar-refractivity contribution in [2.75, 3.05) is 11.4 Å². The lowest BCUT2D eigenvalue weighted by molar-refractivity contribution is -0.120. The second kappa shape index (κ2) is 5.67. The molecule has 1 aromatic carbocycles. The molecular weight excluding hydrogens is 228 g/mol. The first kappa shape index (κ1) is 12.6. The molecule has 1 N–H and O–H groups in total. The van der Waals surface area contributed by atoms with E-state index in [0.717, 1.165) is 30.6 Å². The number of nitrogens with one attached hydrogen (secondary N) is 1. The van der Waals surface area contributed by atoms with Crippen molar-refractivity contribution in [3.8, 4) is 0 Å². The normalized spacial score (nSPS) is 15.6. The molecule has 96 valence electrons. The minimum atomic E-state index is -0.0368. The summed E-state index contributed by atoms with van der Waals surface area (Å²) in [4.78, 5) is 24.4. The maximum absolute atomic E-state index is 11.8. The van der Waals surface area contributed by atoms with E-state index >= 15 is 0 Å². The van der Waals surface area contributed by atoms with E-state index in [0.29, 0.717) is 13.0 Å². The van der Waals surface area contributed by atoms with Crippen LogP contribution < -0.4 is 10.2 Å². The summed E-state index contributed by atoms with van der Waals surface area (Å²) in [5, 5.41) is 2.75. The van der Waals surface area contributed by atoms with Gasteiger partial charge in [0.2, 0.25) is 11.8 Å². The van der Waals surface area contributed by atoms with E-state index in [1.807, 2.05) is 29.2 Å². The lowest BCUT2D eigenvalue weighted by Gasteiger charge is -2.26. The first-order valence-corrected chi connectivity index (χ1v) is 6.30. The van der Waals surface area contributed by atoms with Gasteiger partial charge in [0.05, 0.1) is 0 Å². The molecule has 4 nitrogen and oxygen atoms in total. The zero-order valence-corrected chi connectivity index (χ0v) is 10.6. The van der Waals surface area contributed by atoms with E-state index in [2.05, 4.69) is 5.32 Å². The summed E-state index contributed by atoms with van der Waals surface area (Å²) in [6.45, 7) is 2.84. The van der Waals surface area contributed by atoms with E-state index < -0.39 is 0 Å². The second-order valence-corrected chi connectivity index (χ2v) is 4.58. The van der Waals surface area contributed by atoms with Crippen LogP contribution in [0.4, 0.5) is 5.69 Å². The van der Waals surface area contributed by atoms with E-state index in [4.69, 9.17) is 0 Å². The van der Waals surface area contributed by atoms with Crippen LogP contribution in [0.3, 0.4) is 0 Å². The average molecular weight is 246 g/mol. The highest BCUT2D eigenvalue weighted by molar-refractivity contribution is 5.93. The topological polar surface area (TPSA) is 49.4 Å². The Kier molecular flexibility index (Phi) is 3.97. The third-order valence-electron chi connectivity index (χ3n) is 3.11. The molecular formula is C14H18N2O2. The molecule has 0 aliphatic carbocycles. The summed E-state index contributed by atoms with van der Waals surface area (Å²) < 4.78 is 0. The minimum absolute atomic E-state index is 0.0368. The number of nitrogens with zero attached hydrogens (tertiary/aromatic N) is 1. The molecule has 2 rings (SSSR count). The van der Waals surface area contributed by atoms with Crippen LogP contribution in [0, 0.1) is 0 Å². The first-order valence-electron chi connectivity index (χ1n) is 6.30. The summed E-state index contributed by atoms with van der Waals surface area (Å²) >= 11 is 0. The molecule has 0 aromatic heterocycles. The number of carbonyl (C=O) groups is 2. The Morgan fingerprint density at radius 3 is 2.61 bits per heavy atom. The summed E-state index contributed by atoms with van der Waals surface area (Å²) in [6.07, 6.45) is 2.71. The molecule has 1 aliphatic heterocycles. The van der Waals surface area contributed by atoms with Crippen molar-refractivity contribution in [1.82, 2.24) is 5.32 Å². The Balaban J connectivity index is 2.02. The summed E-state index contributed by atoms with van der Waals surface area (Å²) in [5.74, 6) is 0.168. The monoisotopic (exact) mass is 246 g/mol. The molecule has 0 unspecified atom stereocenters. The highest BCUT2D eigenvalue weighted by Crippen LogP contribution is 2.21. The molecule has 2 amide bonds. The van der Waals surface area contributed by atoms with Gasteiger partial charge >= 0.3 is 0 Å². The second-order valence-electron chi connectivity index (χ2n) is 4.58. The number of benzene rings is 1. The van der Waals surface area contributed by atoms with Crippen molar-refractivity contribution in [1.29, 1.82) is 0 Å². The van der Waals surface area contributed by atoms with Crippen LogP contribution in [0.25, 0.3) is 0 Å². The van der Waals surface area contributed by atoms with Gasteiger partial charge in [-0.25, -0.2) is 0 Å². The quantitative estimate of drug-likeness (QED) is 0.884. The molecule has 0 bridgehead atoms. The Morgan fingerprint density at radius 2 is 2.00 bits per heavy atom. The summed E-state index contributed by atoms with van der Waals surface area (Å²) in [7, 11) is 0. The molecule has 1 heterocycles. The van der Waals surface area contributed by atoms with Crippen molar-refractivity contribution < 1.29 is 9.59 Å². The smallest absolute Gasteiger partial charge is 0.226 e. The van der Waals surface area contributed by atoms with Gasteiger partial charge in [-0.1, -0.05) is 12.1 Å². The van der Waals surface area contributed by atoms with Gasteiger partial charge in [0.1, 0.15) is 0 Å². The largest absolute Gasteiger partial charge is 0.352 e. The summed E-state index contributed by atoms with van der Waals surface area (Å²) in [5.41, 5.74) is 1.99.